The van der Waals surface area contributed by atoms with Crippen molar-refractivity contribution in [3.05, 3.63) is 52.5 Å². The molecule has 1 amide bonds. The SMILES string of the molecule is CC(=O)Nc1ccc(N=Cc2ccc(N(C)C)c(Br)c2)cc1. The van der Waals surface area contributed by atoms with Gasteiger partial charge in [0.05, 0.1) is 11.4 Å². The zero-order valence-electron chi connectivity index (χ0n) is 12.8. The molecular formula is C17H18BrN3O. The molecule has 22 heavy (non-hydrogen) atoms. The fraction of sp³-hybridized carbons (Fsp3) is 0.176. The van der Waals surface area contributed by atoms with E-state index in [1.807, 2.05) is 67.7 Å². The van der Waals surface area contributed by atoms with E-state index >= 15 is 0 Å². The Hall–Kier alpha value is -2.14. The summed E-state index contributed by atoms with van der Waals surface area (Å²) in [5, 5.41) is 2.73. The van der Waals surface area contributed by atoms with Crippen LogP contribution in [0.5, 0.6) is 0 Å². The summed E-state index contributed by atoms with van der Waals surface area (Å²) in [6.45, 7) is 1.49. The van der Waals surface area contributed by atoms with Crippen LogP contribution >= 0.6 is 15.9 Å². The number of hydrogen-bond donors (Lipinski definition) is 1. The van der Waals surface area contributed by atoms with Crippen molar-refractivity contribution in [2.45, 2.75) is 6.92 Å². The Morgan fingerprint density at radius 2 is 1.86 bits per heavy atom. The van der Waals surface area contributed by atoms with E-state index in [4.69, 9.17) is 0 Å². The van der Waals surface area contributed by atoms with Crippen LogP contribution in [0.25, 0.3) is 0 Å². The van der Waals surface area contributed by atoms with Gasteiger partial charge in [-0.25, -0.2) is 0 Å². The van der Waals surface area contributed by atoms with Crippen LogP contribution in [0.15, 0.2) is 51.9 Å². The smallest absolute Gasteiger partial charge is 0.221 e. The summed E-state index contributed by atoms with van der Waals surface area (Å²) in [5.74, 6) is -0.0814. The third-order valence-electron chi connectivity index (χ3n) is 3.00. The highest BCUT2D eigenvalue weighted by Gasteiger charge is 2.02. The summed E-state index contributed by atoms with van der Waals surface area (Å²) in [6, 6.07) is 13.5. The number of carbonyl (C=O) groups is 1. The second-order valence-corrected chi connectivity index (χ2v) is 5.95. The number of aliphatic imine (C=N–C) groups is 1. The number of nitrogens with one attached hydrogen (secondary N) is 1. The number of amides is 1. The zero-order chi connectivity index (χ0) is 16.1. The number of halogens is 1. The van der Waals surface area contributed by atoms with Gasteiger partial charge in [0, 0.05) is 37.4 Å². The molecule has 5 heteroatoms. The molecule has 0 bridgehead atoms. The first-order valence-corrected chi connectivity index (χ1v) is 7.63. The maximum Gasteiger partial charge on any atom is 0.221 e. The second kappa shape index (κ2) is 7.22. The van der Waals surface area contributed by atoms with Gasteiger partial charge in [-0.1, -0.05) is 6.07 Å². The molecule has 4 nitrogen and oxygen atoms in total. The molecule has 0 heterocycles. The van der Waals surface area contributed by atoms with Crippen molar-refractivity contribution in [3.8, 4) is 0 Å². The van der Waals surface area contributed by atoms with E-state index in [0.29, 0.717) is 0 Å². The van der Waals surface area contributed by atoms with Crippen molar-refractivity contribution in [1.82, 2.24) is 0 Å². The minimum atomic E-state index is -0.0814. The molecule has 0 atom stereocenters. The molecule has 0 aliphatic rings. The summed E-state index contributed by atoms with van der Waals surface area (Å²) in [6.07, 6.45) is 1.82. The van der Waals surface area contributed by atoms with Gasteiger partial charge in [0.1, 0.15) is 0 Å². The molecule has 0 radical (unpaired) electrons. The largest absolute Gasteiger partial charge is 0.377 e. The fourth-order valence-electron chi connectivity index (χ4n) is 1.95. The van der Waals surface area contributed by atoms with Gasteiger partial charge in [0.25, 0.3) is 0 Å². The Balaban J connectivity index is 2.11. The molecule has 0 aliphatic heterocycles. The highest BCUT2D eigenvalue weighted by molar-refractivity contribution is 9.10. The summed E-state index contributed by atoms with van der Waals surface area (Å²) < 4.78 is 1.03. The Bertz CT molecular complexity index is 694. The van der Waals surface area contributed by atoms with Crippen LogP contribution in [0.1, 0.15) is 12.5 Å². The first kappa shape index (κ1) is 16.2. The molecule has 0 unspecified atom stereocenters. The summed E-state index contributed by atoms with van der Waals surface area (Å²) in [4.78, 5) is 17.5. The third-order valence-corrected chi connectivity index (χ3v) is 3.64. The Morgan fingerprint density at radius 3 is 2.41 bits per heavy atom. The standard InChI is InChI=1S/C17H18BrN3O/c1-12(22)20-15-7-5-14(6-8-15)19-11-13-4-9-17(21(2)3)16(18)10-13/h4-11H,1-3H3,(H,20,22). The van der Waals surface area contributed by atoms with Crippen LogP contribution in [0, 0.1) is 0 Å². The monoisotopic (exact) mass is 359 g/mol. The lowest BCUT2D eigenvalue weighted by Crippen LogP contribution is -2.09. The third kappa shape index (κ3) is 4.43. The molecule has 0 aliphatic carbocycles. The average Bonchev–Trinajstić information content (AvgIpc) is 2.45. The Kier molecular flexibility index (Phi) is 5.33. The molecule has 0 fully saturated rings. The molecule has 0 aromatic heterocycles. The number of carbonyl (C=O) groups excluding carboxylic acids is 1. The van der Waals surface area contributed by atoms with Crippen molar-refractivity contribution in [1.29, 1.82) is 0 Å². The lowest BCUT2D eigenvalue weighted by atomic mass is 10.2. The van der Waals surface area contributed by atoms with Gasteiger partial charge in [-0.2, -0.15) is 0 Å². The van der Waals surface area contributed by atoms with Crippen LogP contribution < -0.4 is 10.2 Å². The number of nitrogens with zero attached hydrogens (tertiary/aromatic N) is 2. The van der Waals surface area contributed by atoms with Gasteiger partial charge in [0.15, 0.2) is 0 Å². The first-order chi connectivity index (χ1) is 10.5. The van der Waals surface area contributed by atoms with Gasteiger partial charge >= 0.3 is 0 Å². The van der Waals surface area contributed by atoms with E-state index in [1.54, 1.807) is 0 Å². The van der Waals surface area contributed by atoms with Crippen molar-refractivity contribution in [3.63, 3.8) is 0 Å². The number of benzene rings is 2. The van der Waals surface area contributed by atoms with Gasteiger partial charge in [-0.05, 0) is 57.9 Å². The first-order valence-electron chi connectivity index (χ1n) is 6.84. The lowest BCUT2D eigenvalue weighted by Gasteiger charge is -2.14. The van der Waals surface area contributed by atoms with E-state index in [2.05, 4.69) is 26.2 Å². The van der Waals surface area contributed by atoms with E-state index in [-0.39, 0.29) is 5.91 Å². The summed E-state index contributed by atoms with van der Waals surface area (Å²) in [7, 11) is 4.01. The van der Waals surface area contributed by atoms with Gasteiger partial charge in [0.2, 0.25) is 5.91 Å². The molecular weight excluding hydrogens is 342 g/mol. The maximum atomic E-state index is 11.0. The number of rotatable bonds is 4. The minimum Gasteiger partial charge on any atom is -0.377 e. The average molecular weight is 360 g/mol. The lowest BCUT2D eigenvalue weighted by molar-refractivity contribution is -0.114. The van der Waals surface area contributed by atoms with Crippen molar-refractivity contribution in [2.75, 3.05) is 24.3 Å². The van der Waals surface area contributed by atoms with Crippen LogP contribution in [0.4, 0.5) is 17.1 Å². The molecule has 0 spiro atoms. The van der Waals surface area contributed by atoms with Crippen LogP contribution in [0.2, 0.25) is 0 Å². The topological polar surface area (TPSA) is 44.7 Å². The van der Waals surface area contributed by atoms with Crippen LogP contribution in [0.3, 0.4) is 0 Å². The molecule has 2 aromatic carbocycles. The second-order valence-electron chi connectivity index (χ2n) is 5.09. The van der Waals surface area contributed by atoms with Gasteiger partial charge < -0.3 is 10.2 Å². The van der Waals surface area contributed by atoms with Gasteiger partial charge in [-0.3, -0.25) is 9.79 Å². The quantitative estimate of drug-likeness (QED) is 0.830. The van der Waals surface area contributed by atoms with E-state index in [1.165, 1.54) is 6.92 Å². The summed E-state index contributed by atoms with van der Waals surface area (Å²) >= 11 is 3.56. The highest BCUT2D eigenvalue weighted by atomic mass is 79.9. The molecule has 1 N–H and O–H groups in total. The van der Waals surface area contributed by atoms with E-state index in [0.717, 1.165) is 27.1 Å². The van der Waals surface area contributed by atoms with Crippen molar-refractivity contribution < 1.29 is 4.79 Å². The predicted octanol–water partition coefficient (Wildman–Crippen LogP) is 4.22. The Morgan fingerprint density at radius 1 is 1.18 bits per heavy atom. The minimum absolute atomic E-state index is 0.0814. The van der Waals surface area contributed by atoms with E-state index < -0.39 is 0 Å². The molecule has 114 valence electrons. The summed E-state index contributed by atoms with van der Waals surface area (Å²) in [5.41, 5.74) is 3.74. The van der Waals surface area contributed by atoms with Gasteiger partial charge in [-0.15, -0.1) is 0 Å². The number of hydrogen-bond acceptors (Lipinski definition) is 3. The normalized spacial score (nSPS) is 10.7. The number of anilines is 2. The highest BCUT2D eigenvalue weighted by Crippen LogP contribution is 2.25. The van der Waals surface area contributed by atoms with Crippen LogP contribution in [-0.2, 0) is 4.79 Å². The molecule has 2 rings (SSSR count). The Labute approximate surface area is 139 Å². The molecule has 0 saturated carbocycles. The van der Waals surface area contributed by atoms with Crippen LogP contribution in [-0.4, -0.2) is 26.2 Å². The fourth-order valence-corrected chi connectivity index (χ4v) is 2.70. The van der Waals surface area contributed by atoms with Crippen molar-refractivity contribution >= 4 is 45.1 Å². The zero-order valence-corrected chi connectivity index (χ0v) is 14.4. The van der Waals surface area contributed by atoms with E-state index in [9.17, 15) is 4.79 Å². The molecule has 0 saturated heterocycles. The predicted molar refractivity (Wildman–Crippen MR) is 96.5 cm³/mol. The van der Waals surface area contributed by atoms with Crippen molar-refractivity contribution in [2.24, 2.45) is 4.99 Å². The molecule has 2 aromatic rings. The maximum absolute atomic E-state index is 11.0.